The zero-order valence-corrected chi connectivity index (χ0v) is 16.9. The fourth-order valence-electron chi connectivity index (χ4n) is 2.73. The average molecular weight is 427 g/mol. The second-order valence-electron chi connectivity index (χ2n) is 6.40. The van der Waals surface area contributed by atoms with Crippen LogP contribution in [-0.2, 0) is 4.79 Å². The lowest BCUT2D eigenvalue weighted by Crippen LogP contribution is -2.35. The molecule has 0 bridgehead atoms. The maximum atomic E-state index is 12.9. The van der Waals surface area contributed by atoms with Crippen molar-refractivity contribution in [1.29, 1.82) is 0 Å². The Morgan fingerprint density at radius 2 is 1.93 bits per heavy atom. The number of hydrogen-bond donors (Lipinski definition) is 1. The van der Waals surface area contributed by atoms with E-state index in [2.05, 4.69) is 31.2 Å². The molecule has 2 heterocycles. The van der Waals surface area contributed by atoms with Gasteiger partial charge in [-0.05, 0) is 43.7 Å². The molecule has 0 saturated carbocycles. The number of aryl methyl sites for hydroxylation is 2. The fraction of sp³-hybridized carbons (Fsp3) is 0.200. The number of fused-ring (bicyclic) bond motifs is 1. The largest absolute Gasteiger partial charge is 0.332 e. The van der Waals surface area contributed by atoms with Crippen LogP contribution in [0.25, 0.3) is 10.9 Å². The van der Waals surface area contributed by atoms with Gasteiger partial charge in [-0.25, -0.2) is 4.98 Å². The zero-order valence-electron chi connectivity index (χ0n) is 15.3. The smallest absolute Gasteiger partial charge is 0.254 e. The molecule has 0 atom stereocenters. The number of nitrogens with zero attached hydrogens (tertiary/aromatic N) is 3. The van der Waals surface area contributed by atoms with E-state index in [1.807, 2.05) is 38.1 Å². The average Bonchev–Trinajstić information content (AvgIpc) is 2.61. The standard InChI is InChI=1S/C20H19BrN4O2/c1-12-4-7-18(22-10-12)24-19(26)11-25(3)20(27)16-8-13(2)23-17-9-14(21)5-6-15(16)17/h4-10H,11H2,1-3H3,(H,22,24,26). The van der Waals surface area contributed by atoms with Gasteiger partial charge in [-0.15, -0.1) is 0 Å². The highest BCUT2D eigenvalue weighted by Gasteiger charge is 2.18. The maximum Gasteiger partial charge on any atom is 0.254 e. The number of amides is 2. The molecule has 0 aliphatic heterocycles. The van der Waals surface area contributed by atoms with Crippen molar-refractivity contribution >= 4 is 44.5 Å². The molecule has 1 N–H and O–H groups in total. The van der Waals surface area contributed by atoms with Crippen LogP contribution in [0.1, 0.15) is 21.6 Å². The van der Waals surface area contributed by atoms with Crippen molar-refractivity contribution in [3.8, 4) is 0 Å². The van der Waals surface area contributed by atoms with E-state index in [0.717, 1.165) is 26.6 Å². The van der Waals surface area contributed by atoms with Crippen LogP contribution in [0.5, 0.6) is 0 Å². The normalized spacial score (nSPS) is 10.7. The highest BCUT2D eigenvalue weighted by Crippen LogP contribution is 2.23. The molecule has 3 rings (SSSR count). The van der Waals surface area contributed by atoms with E-state index in [9.17, 15) is 9.59 Å². The van der Waals surface area contributed by atoms with E-state index in [-0.39, 0.29) is 18.4 Å². The number of carbonyl (C=O) groups excluding carboxylic acids is 2. The summed E-state index contributed by atoms with van der Waals surface area (Å²) in [4.78, 5) is 35.2. The Hall–Kier alpha value is -2.80. The van der Waals surface area contributed by atoms with Gasteiger partial charge in [0.15, 0.2) is 0 Å². The molecule has 27 heavy (non-hydrogen) atoms. The number of aromatic nitrogens is 2. The quantitative estimate of drug-likeness (QED) is 0.689. The zero-order chi connectivity index (χ0) is 19.6. The van der Waals surface area contributed by atoms with Crippen LogP contribution in [0.15, 0.2) is 47.1 Å². The molecule has 6 nitrogen and oxygen atoms in total. The molecule has 1 aromatic carbocycles. The lowest BCUT2D eigenvalue weighted by Gasteiger charge is -2.18. The van der Waals surface area contributed by atoms with Crippen LogP contribution in [0, 0.1) is 13.8 Å². The van der Waals surface area contributed by atoms with Crippen molar-refractivity contribution in [2.45, 2.75) is 13.8 Å². The summed E-state index contributed by atoms with van der Waals surface area (Å²) in [5.74, 6) is -0.0821. The first-order valence-electron chi connectivity index (χ1n) is 8.38. The first-order valence-corrected chi connectivity index (χ1v) is 9.17. The summed E-state index contributed by atoms with van der Waals surface area (Å²) in [6.45, 7) is 3.69. The Labute approximate surface area is 165 Å². The number of anilines is 1. The van der Waals surface area contributed by atoms with Gasteiger partial charge in [0.25, 0.3) is 5.91 Å². The van der Waals surface area contributed by atoms with Crippen LogP contribution in [0.2, 0.25) is 0 Å². The minimum atomic E-state index is -0.306. The summed E-state index contributed by atoms with van der Waals surface area (Å²) in [5, 5.41) is 3.45. The minimum Gasteiger partial charge on any atom is -0.332 e. The predicted molar refractivity (Wildman–Crippen MR) is 109 cm³/mol. The van der Waals surface area contributed by atoms with Crippen molar-refractivity contribution < 1.29 is 9.59 Å². The number of benzene rings is 1. The Morgan fingerprint density at radius 1 is 1.15 bits per heavy atom. The molecule has 0 spiro atoms. The Kier molecular flexibility index (Phi) is 5.51. The van der Waals surface area contributed by atoms with E-state index < -0.39 is 0 Å². The molecule has 0 saturated heterocycles. The lowest BCUT2D eigenvalue weighted by molar-refractivity contribution is -0.116. The summed E-state index contributed by atoms with van der Waals surface area (Å²) < 4.78 is 0.893. The van der Waals surface area contributed by atoms with E-state index in [1.54, 1.807) is 25.4 Å². The second-order valence-corrected chi connectivity index (χ2v) is 7.32. The monoisotopic (exact) mass is 426 g/mol. The molecule has 2 aromatic heterocycles. The maximum absolute atomic E-state index is 12.9. The fourth-order valence-corrected chi connectivity index (χ4v) is 3.08. The van der Waals surface area contributed by atoms with Crippen LogP contribution in [-0.4, -0.2) is 40.3 Å². The third-order valence-electron chi connectivity index (χ3n) is 4.04. The molecule has 0 aliphatic carbocycles. The molecular weight excluding hydrogens is 408 g/mol. The number of hydrogen-bond acceptors (Lipinski definition) is 4. The SMILES string of the molecule is Cc1ccc(NC(=O)CN(C)C(=O)c2cc(C)nc3cc(Br)ccc23)nc1. The highest BCUT2D eigenvalue weighted by molar-refractivity contribution is 9.10. The van der Waals surface area contributed by atoms with Crippen molar-refractivity contribution in [2.75, 3.05) is 18.9 Å². The van der Waals surface area contributed by atoms with Crippen LogP contribution >= 0.6 is 15.9 Å². The van der Waals surface area contributed by atoms with Gasteiger partial charge in [-0.2, -0.15) is 0 Å². The molecule has 0 aliphatic rings. The molecule has 138 valence electrons. The van der Waals surface area contributed by atoms with E-state index in [4.69, 9.17) is 0 Å². The molecule has 0 unspecified atom stereocenters. The van der Waals surface area contributed by atoms with Gasteiger partial charge in [-0.1, -0.05) is 28.1 Å². The van der Waals surface area contributed by atoms with Crippen molar-refractivity contribution in [3.05, 3.63) is 63.9 Å². The lowest BCUT2D eigenvalue weighted by atomic mass is 10.1. The van der Waals surface area contributed by atoms with Crippen molar-refractivity contribution in [1.82, 2.24) is 14.9 Å². The second kappa shape index (κ2) is 7.84. The molecule has 7 heteroatoms. The molecular formula is C20H19BrN4O2. The Morgan fingerprint density at radius 3 is 2.63 bits per heavy atom. The first-order chi connectivity index (χ1) is 12.8. The van der Waals surface area contributed by atoms with Gasteiger partial charge in [0.2, 0.25) is 5.91 Å². The molecule has 2 amide bonds. The van der Waals surface area contributed by atoms with Crippen LogP contribution < -0.4 is 5.32 Å². The van der Waals surface area contributed by atoms with Crippen LogP contribution in [0.4, 0.5) is 5.82 Å². The van der Waals surface area contributed by atoms with Gasteiger partial charge in [0.1, 0.15) is 5.82 Å². The van der Waals surface area contributed by atoms with Gasteiger partial charge in [-0.3, -0.25) is 14.6 Å². The van der Waals surface area contributed by atoms with E-state index >= 15 is 0 Å². The van der Waals surface area contributed by atoms with E-state index in [0.29, 0.717) is 11.4 Å². The number of halogens is 1. The number of carbonyl (C=O) groups is 2. The summed E-state index contributed by atoms with van der Waals surface area (Å²) >= 11 is 3.42. The number of rotatable bonds is 4. The summed E-state index contributed by atoms with van der Waals surface area (Å²) in [7, 11) is 1.60. The highest BCUT2D eigenvalue weighted by atomic mass is 79.9. The Bertz CT molecular complexity index is 1010. The number of pyridine rings is 2. The third kappa shape index (κ3) is 4.49. The Balaban J connectivity index is 1.78. The summed E-state index contributed by atoms with van der Waals surface area (Å²) in [5.41, 5.74) is 3.00. The van der Waals surface area contributed by atoms with Gasteiger partial charge in [0.05, 0.1) is 17.6 Å². The molecule has 0 radical (unpaired) electrons. The predicted octanol–water partition coefficient (Wildman–Crippen LogP) is 3.72. The van der Waals surface area contributed by atoms with E-state index in [1.165, 1.54) is 4.90 Å². The van der Waals surface area contributed by atoms with Crippen molar-refractivity contribution in [3.63, 3.8) is 0 Å². The molecule has 3 aromatic rings. The van der Waals surface area contributed by atoms with Gasteiger partial charge >= 0.3 is 0 Å². The van der Waals surface area contributed by atoms with Crippen molar-refractivity contribution in [2.24, 2.45) is 0 Å². The first kappa shape index (κ1) is 19.0. The third-order valence-corrected chi connectivity index (χ3v) is 4.53. The number of nitrogens with one attached hydrogen (secondary N) is 1. The van der Waals surface area contributed by atoms with Crippen LogP contribution in [0.3, 0.4) is 0 Å². The van der Waals surface area contributed by atoms with Gasteiger partial charge < -0.3 is 10.2 Å². The number of likely N-dealkylation sites (N-methyl/N-ethyl adjacent to an activating group) is 1. The minimum absolute atomic E-state index is 0.0756. The topological polar surface area (TPSA) is 75.2 Å². The molecule has 0 fully saturated rings. The summed E-state index contributed by atoms with van der Waals surface area (Å²) in [6.07, 6.45) is 1.68. The van der Waals surface area contributed by atoms with Gasteiger partial charge in [0, 0.05) is 28.8 Å². The summed E-state index contributed by atoms with van der Waals surface area (Å²) in [6, 6.07) is 10.9.